The Balaban J connectivity index is 1.66. The van der Waals surface area contributed by atoms with Crippen LogP contribution in [-0.2, 0) is 0 Å². The highest BCUT2D eigenvalue weighted by molar-refractivity contribution is 5.97. The summed E-state index contributed by atoms with van der Waals surface area (Å²) in [6.45, 7) is 2.03. The van der Waals surface area contributed by atoms with Crippen molar-refractivity contribution in [3.8, 4) is 17.1 Å². The number of nitrogens with zero attached hydrogens (tertiary/aromatic N) is 1. The number of hydrogen-bond donors (Lipinski definition) is 2. The molecule has 1 heterocycles. The quantitative estimate of drug-likeness (QED) is 0.568. The Morgan fingerprint density at radius 2 is 1.83 bits per heavy atom. The molecule has 2 N–H and O–H groups in total. The van der Waals surface area contributed by atoms with E-state index in [2.05, 4.69) is 10.5 Å². The highest BCUT2D eigenvalue weighted by atomic mass is 16.3. The SMILES string of the molecule is Cc1ccc(-c2ccc(/C=N/NC(=O)c3ccccc3O)o2)cc1. The highest BCUT2D eigenvalue weighted by Crippen LogP contribution is 2.21. The number of nitrogens with one attached hydrogen (secondary N) is 1. The first-order chi connectivity index (χ1) is 11.6. The number of hydrogen-bond acceptors (Lipinski definition) is 4. The van der Waals surface area contributed by atoms with Gasteiger partial charge in [-0.3, -0.25) is 4.79 Å². The van der Waals surface area contributed by atoms with Crippen LogP contribution in [0.2, 0.25) is 0 Å². The number of amides is 1. The van der Waals surface area contributed by atoms with Crippen molar-refractivity contribution in [3.63, 3.8) is 0 Å². The van der Waals surface area contributed by atoms with E-state index >= 15 is 0 Å². The molecule has 3 rings (SSSR count). The first-order valence-corrected chi connectivity index (χ1v) is 7.42. The van der Waals surface area contributed by atoms with Crippen LogP contribution >= 0.6 is 0 Å². The maximum absolute atomic E-state index is 11.9. The molecule has 0 unspecified atom stereocenters. The molecule has 0 radical (unpaired) electrons. The number of para-hydroxylation sites is 1. The van der Waals surface area contributed by atoms with Crippen LogP contribution < -0.4 is 5.43 Å². The maximum Gasteiger partial charge on any atom is 0.275 e. The Kier molecular flexibility index (Phi) is 4.43. The van der Waals surface area contributed by atoms with Gasteiger partial charge in [-0.2, -0.15) is 5.10 Å². The monoisotopic (exact) mass is 320 g/mol. The fourth-order valence-corrected chi connectivity index (χ4v) is 2.18. The van der Waals surface area contributed by atoms with E-state index in [-0.39, 0.29) is 11.3 Å². The molecule has 0 aliphatic carbocycles. The molecule has 1 amide bonds. The Morgan fingerprint density at radius 3 is 2.58 bits per heavy atom. The molecule has 24 heavy (non-hydrogen) atoms. The number of furan rings is 1. The summed E-state index contributed by atoms with van der Waals surface area (Å²) in [5, 5.41) is 13.5. The summed E-state index contributed by atoms with van der Waals surface area (Å²) in [5.41, 5.74) is 4.67. The van der Waals surface area contributed by atoms with Crippen molar-refractivity contribution in [3.05, 3.63) is 77.6 Å². The molecule has 120 valence electrons. The number of phenols is 1. The second kappa shape index (κ2) is 6.83. The van der Waals surface area contributed by atoms with Crippen molar-refractivity contribution >= 4 is 12.1 Å². The summed E-state index contributed by atoms with van der Waals surface area (Å²) in [6, 6.07) is 17.9. The van der Waals surface area contributed by atoms with Crippen molar-refractivity contribution in [2.24, 2.45) is 5.10 Å². The zero-order valence-corrected chi connectivity index (χ0v) is 13.1. The number of rotatable bonds is 4. The zero-order valence-electron chi connectivity index (χ0n) is 13.1. The van der Waals surface area contributed by atoms with Crippen LogP contribution in [0.15, 0.2) is 70.2 Å². The molecule has 5 heteroatoms. The van der Waals surface area contributed by atoms with Crippen molar-refractivity contribution < 1.29 is 14.3 Å². The van der Waals surface area contributed by atoms with Crippen LogP contribution in [0.5, 0.6) is 5.75 Å². The molecule has 0 atom stereocenters. The molecule has 0 bridgehead atoms. The summed E-state index contributed by atoms with van der Waals surface area (Å²) in [4.78, 5) is 11.9. The normalized spacial score (nSPS) is 10.9. The Labute approximate surface area is 139 Å². The third-order valence-electron chi connectivity index (χ3n) is 3.47. The molecule has 1 aromatic heterocycles. The lowest BCUT2D eigenvalue weighted by molar-refractivity contribution is 0.0952. The fourth-order valence-electron chi connectivity index (χ4n) is 2.18. The lowest BCUT2D eigenvalue weighted by atomic mass is 10.1. The van der Waals surface area contributed by atoms with E-state index in [0.29, 0.717) is 5.76 Å². The van der Waals surface area contributed by atoms with Crippen LogP contribution in [0.1, 0.15) is 21.7 Å². The lowest BCUT2D eigenvalue weighted by Crippen LogP contribution is -2.17. The van der Waals surface area contributed by atoms with Gasteiger partial charge in [-0.15, -0.1) is 0 Å². The minimum absolute atomic E-state index is 0.0927. The first kappa shape index (κ1) is 15.6. The predicted molar refractivity (Wildman–Crippen MR) is 92.0 cm³/mol. The van der Waals surface area contributed by atoms with Gasteiger partial charge in [0.15, 0.2) is 0 Å². The van der Waals surface area contributed by atoms with Gasteiger partial charge in [-0.25, -0.2) is 5.43 Å². The van der Waals surface area contributed by atoms with Crippen molar-refractivity contribution in [1.29, 1.82) is 0 Å². The summed E-state index contributed by atoms with van der Waals surface area (Å²) in [7, 11) is 0. The van der Waals surface area contributed by atoms with Crippen LogP contribution in [0, 0.1) is 6.92 Å². The van der Waals surface area contributed by atoms with Crippen LogP contribution in [0.3, 0.4) is 0 Å². The largest absolute Gasteiger partial charge is 0.507 e. The summed E-state index contributed by atoms with van der Waals surface area (Å²) >= 11 is 0. The Morgan fingerprint density at radius 1 is 1.08 bits per heavy atom. The number of benzene rings is 2. The van der Waals surface area contributed by atoms with E-state index in [0.717, 1.165) is 11.3 Å². The third-order valence-corrected chi connectivity index (χ3v) is 3.47. The molecule has 0 aliphatic rings. The van der Waals surface area contributed by atoms with Crippen LogP contribution in [-0.4, -0.2) is 17.2 Å². The average Bonchev–Trinajstić information content (AvgIpc) is 3.04. The molecule has 0 aliphatic heterocycles. The van der Waals surface area contributed by atoms with E-state index in [1.807, 2.05) is 37.3 Å². The number of phenolic OH excluding ortho intramolecular Hbond substituents is 1. The third kappa shape index (κ3) is 3.52. The zero-order chi connectivity index (χ0) is 16.9. The fraction of sp³-hybridized carbons (Fsp3) is 0.0526. The van der Waals surface area contributed by atoms with E-state index < -0.39 is 5.91 Å². The molecule has 3 aromatic rings. The minimum Gasteiger partial charge on any atom is -0.507 e. The van der Waals surface area contributed by atoms with Gasteiger partial charge in [0.2, 0.25) is 0 Å². The second-order valence-electron chi connectivity index (χ2n) is 5.28. The van der Waals surface area contributed by atoms with Crippen molar-refractivity contribution in [2.75, 3.05) is 0 Å². The van der Waals surface area contributed by atoms with Gasteiger partial charge in [0.1, 0.15) is 17.3 Å². The minimum atomic E-state index is -0.491. The van der Waals surface area contributed by atoms with Gasteiger partial charge >= 0.3 is 0 Å². The molecule has 5 nitrogen and oxygen atoms in total. The van der Waals surface area contributed by atoms with E-state index in [9.17, 15) is 9.90 Å². The Hall–Kier alpha value is -3.34. The van der Waals surface area contributed by atoms with E-state index in [1.54, 1.807) is 18.2 Å². The first-order valence-electron chi connectivity index (χ1n) is 7.42. The Bertz CT molecular complexity index is 880. The van der Waals surface area contributed by atoms with Gasteiger partial charge in [0.25, 0.3) is 5.91 Å². The molecular formula is C19H16N2O3. The van der Waals surface area contributed by atoms with Crippen molar-refractivity contribution in [1.82, 2.24) is 5.43 Å². The molecule has 2 aromatic carbocycles. The summed E-state index contributed by atoms with van der Waals surface area (Å²) < 4.78 is 5.67. The molecule has 0 saturated heterocycles. The molecular weight excluding hydrogens is 304 g/mol. The molecule has 0 spiro atoms. The van der Waals surface area contributed by atoms with E-state index in [4.69, 9.17) is 4.42 Å². The summed E-state index contributed by atoms with van der Waals surface area (Å²) in [5.74, 6) is 0.658. The van der Waals surface area contributed by atoms with Gasteiger partial charge in [-0.05, 0) is 31.2 Å². The number of carbonyl (C=O) groups is 1. The average molecular weight is 320 g/mol. The number of hydrazone groups is 1. The number of aromatic hydroxyl groups is 1. The molecule has 0 saturated carbocycles. The second-order valence-corrected chi connectivity index (χ2v) is 5.28. The standard InChI is InChI=1S/C19H16N2O3/c1-13-6-8-14(9-7-13)18-11-10-15(24-18)12-20-21-19(23)16-4-2-3-5-17(16)22/h2-12,22H,1H3,(H,21,23)/b20-12+. The molecule has 0 fully saturated rings. The lowest BCUT2D eigenvalue weighted by Gasteiger charge is -2.01. The summed E-state index contributed by atoms with van der Waals surface area (Å²) in [6.07, 6.45) is 1.41. The predicted octanol–water partition coefficient (Wildman–Crippen LogP) is 3.72. The van der Waals surface area contributed by atoms with Gasteiger partial charge in [-0.1, -0.05) is 42.0 Å². The van der Waals surface area contributed by atoms with Gasteiger partial charge in [0, 0.05) is 5.56 Å². The van der Waals surface area contributed by atoms with E-state index in [1.165, 1.54) is 23.9 Å². The number of carbonyl (C=O) groups excluding carboxylic acids is 1. The van der Waals surface area contributed by atoms with Crippen LogP contribution in [0.25, 0.3) is 11.3 Å². The van der Waals surface area contributed by atoms with Gasteiger partial charge < -0.3 is 9.52 Å². The van der Waals surface area contributed by atoms with Crippen LogP contribution in [0.4, 0.5) is 0 Å². The number of aryl methyl sites for hydroxylation is 1. The smallest absolute Gasteiger partial charge is 0.275 e. The van der Waals surface area contributed by atoms with Crippen molar-refractivity contribution in [2.45, 2.75) is 6.92 Å². The highest BCUT2D eigenvalue weighted by Gasteiger charge is 2.09. The maximum atomic E-state index is 11.9. The van der Waals surface area contributed by atoms with Gasteiger partial charge in [0.05, 0.1) is 11.8 Å². The topological polar surface area (TPSA) is 74.8 Å².